The number of aryl methyl sites for hydroxylation is 1. The Balaban J connectivity index is 1.67. The molecule has 1 amide bonds. The van der Waals surface area contributed by atoms with Crippen LogP contribution in [-0.2, 0) is 6.54 Å². The third-order valence-corrected chi connectivity index (χ3v) is 3.79. The van der Waals surface area contributed by atoms with Gasteiger partial charge in [0.25, 0.3) is 5.91 Å². The molecule has 0 unspecified atom stereocenters. The van der Waals surface area contributed by atoms with Gasteiger partial charge in [-0.25, -0.2) is 4.98 Å². The summed E-state index contributed by atoms with van der Waals surface area (Å²) in [7, 11) is 0. The lowest BCUT2D eigenvalue weighted by Gasteiger charge is -2.06. The molecule has 3 aromatic heterocycles. The van der Waals surface area contributed by atoms with Crippen LogP contribution in [0.15, 0.2) is 47.5 Å². The Morgan fingerprint density at radius 2 is 2.14 bits per heavy atom. The van der Waals surface area contributed by atoms with E-state index >= 15 is 0 Å². The van der Waals surface area contributed by atoms with E-state index in [1.807, 2.05) is 35.9 Å². The highest BCUT2D eigenvalue weighted by Crippen LogP contribution is 2.20. The van der Waals surface area contributed by atoms with E-state index in [-0.39, 0.29) is 5.91 Å². The fraction of sp³-hybridized carbons (Fsp3) is 0.125. The highest BCUT2D eigenvalue weighted by atomic mass is 32.1. The van der Waals surface area contributed by atoms with Crippen molar-refractivity contribution in [3.05, 3.63) is 64.5 Å². The van der Waals surface area contributed by atoms with Gasteiger partial charge in [-0.15, -0.1) is 0 Å². The van der Waals surface area contributed by atoms with Crippen LogP contribution in [0.2, 0.25) is 0 Å². The van der Waals surface area contributed by atoms with Crippen LogP contribution in [-0.4, -0.2) is 20.9 Å². The first-order valence-corrected chi connectivity index (χ1v) is 7.71. The molecule has 3 rings (SSSR count). The summed E-state index contributed by atoms with van der Waals surface area (Å²) in [5.41, 5.74) is 4.08. The average Bonchev–Trinajstić information content (AvgIpc) is 3.08. The minimum absolute atomic E-state index is 0.235. The number of nitrogens with zero attached hydrogens (tertiary/aromatic N) is 3. The Morgan fingerprint density at radius 1 is 1.23 bits per heavy atom. The first-order chi connectivity index (χ1) is 10.7. The Hall–Kier alpha value is -2.60. The predicted octanol–water partition coefficient (Wildman–Crippen LogP) is 2.84. The smallest absolute Gasteiger partial charge is 0.271 e. The molecule has 3 aromatic rings. The number of pyridine rings is 1. The van der Waals surface area contributed by atoms with E-state index < -0.39 is 0 Å². The Morgan fingerprint density at radius 3 is 2.86 bits per heavy atom. The lowest BCUT2D eigenvalue weighted by atomic mass is 10.1. The topological polar surface area (TPSA) is 67.8 Å². The van der Waals surface area contributed by atoms with E-state index in [1.165, 1.54) is 6.20 Å². The highest BCUT2D eigenvalue weighted by molar-refractivity contribution is 7.08. The molecule has 0 bridgehead atoms. The molecule has 110 valence electrons. The van der Waals surface area contributed by atoms with E-state index in [2.05, 4.69) is 20.3 Å². The van der Waals surface area contributed by atoms with Gasteiger partial charge >= 0.3 is 0 Å². The number of amides is 1. The molecular weight excluding hydrogens is 296 g/mol. The van der Waals surface area contributed by atoms with Crippen molar-refractivity contribution in [1.82, 2.24) is 20.3 Å². The number of carbonyl (C=O) groups is 1. The van der Waals surface area contributed by atoms with Gasteiger partial charge in [0.1, 0.15) is 5.69 Å². The van der Waals surface area contributed by atoms with Crippen molar-refractivity contribution in [3.63, 3.8) is 0 Å². The van der Waals surface area contributed by atoms with Gasteiger partial charge < -0.3 is 5.32 Å². The summed E-state index contributed by atoms with van der Waals surface area (Å²) in [4.78, 5) is 24.5. The molecule has 0 aromatic carbocycles. The summed E-state index contributed by atoms with van der Waals surface area (Å²) in [6.45, 7) is 2.26. The van der Waals surface area contributed by atoms with Gasteiger partial charge in [0, 0.05) is 29.9 Å². The molecule has 1 N–H and O–H groups in total. The van der Waals surface area contributed by atoms with Crippen molar-refractivity contribution in [2.24, 2.45) is 0 Å². The summed E-state index contributed by atoms with van der Waals surface area (Å²) in [6.07, 6.45) is 4.81. The van der Waals surface area contributed by atoms with Gasteiger partial charge in [-0.1, -0.05) is 0 Å². The molecule has 0 atom stereocenters. The summed E-state index contributed by atoms with van der Waals surface area (Å²) in [5, 5.41) is 6.90. The van der Waals surface area contributed by atoms with E-state index in [4.69, 9.17) is 0 Å². The number of hydrogen-bond acceptors (Lipinski definition) is 5. The maximum atomic E-state index is 12.0. The lowest BCUT2D eigenvalue weighted by molar-refractivity contribution is 0.0945. The lowest BCUT2D eigenvalue weighted by Crippen LogP contribution is -2.24. The number of thiophene rings is 1. The zero-order valence-electron chi connectivity index (χ0n) is 12.0. The maximum Gasteiger partial charge on any atom is 0.271 e. The molecule has 22 heavy (non-hydrogen) atoms. The molecule has 6 heteroatoms. The summed E-state index contributed by atoms with van der Waals surface area (Å²) >= 11 is 1.63. The van der Waals surface area contributed by atoms with E-state index in [0.29, 0.717) is 12.2 Å². The minimum atomic E-state index is -0.235. The number of rotatable bonds is 4. The van der Waals surface area contributed by atoms with E-state index in [0.717, 1.165) is 22.5 Å². The van der Waals surface area contributed by atoms with Crippen molar-refractivity contribution in [3.8, 4) is 11.3 Å². The molecule has 0 spiro atoms. The summed E-state index contributed by atoms with van der Waals surface area (Å²) < 4.78 is 0. The van der Waals surface area contributed by atoms with Crippen LogP contribution in [0.5, 0.6) is 0 Å². The fourth-order valence-electron chi connectivity index (χ4n) is 1.94. The van der Waals surface area contributed by atoms with Crippen molar-refractivity contribution in [2.75, 3.05) is 0 Å². The average molecular weight is 310 g/mol. The first kappa shape index (κ1) is 14.3. The first-order valence-electron chi connectivity index (χ1n) is 6.77. The van der Waals surface area contributed by atoms with Gasteiger partial charge in [0.2, 0.25) is 0 Å². The monoisotopic (exact) mass is 310 g/mol. The van der Waals surface area contributed by atoms with Crippen molar-refractivity contribution >= 4 is 17.2 Å². The largest absolute Gasteiger partial charge is 0.347 e. The third-order valence-electron chi connectivity index (χ3n) is 3.11. The minimum Gasteiger partial charge on any atom is -0.347 e. The molecule has 0 saturated heterocycles. The molecule has 0 aliphatic carbocycles. The van der Waals surface area contributed by atoms with Crippen LogP contribution in [0.3, 0.4) is 0 Å². The van der Waals surface area contributed by atoms with Gasteiger partial charge in [0.05, 0.1) is 17.6 Å². The Bertz CT molecular complexity index is 769. The van der Waals surface area contributed by atoms with E-state index in [1.54, 1.807) is 23.7 Å². The molecule has 0 aliphatic rings. The zero-order chi connectivity index (χ0) is 15.4. The second-order valence-electron chi connectivity index (χ2n) is 4.79. The molecule has 0 radical (unpaired) electrons. The molecular formula is C16H14N4OS. The quantitative estimate of drug-likeness (QED) is 0.804. The molecule has 0 fully saturated rings. The number of carbonyl (C=O) groups excluding carboxylic acids is 1. The molecule has 0 saturated carbocycles. The number of aromatic nitrogens is 3. The van der Waals surface area contributed by atoms with Crippen molar-refractivity contribution in [1.29, 1.82) is 0 Å². The van der Waals surface area contributed by atoms with Gasteiger partial charge in [0.15, 0.2) is 0 Å². The Kier molecular flexibility index (Phi) is 4.20. The standard InChI is InChI=1S/C16H14N4OS/c1-11-7-19-15(9-18-11)16(21)20-8-12-2-4-17-14(6-12)13-3-5-22-10-13/h2-7,9-10H,8H2,1H3,(H,20,21). The summed E-state index contributed by atoms with van der Waals surface area (Å²) in [6, 6.07) is 5.89. The normalized spacial score (nSPS) is 10.4. The van der Waals surface area contributed by atoms with Crippen LogP contribution < -0.4 is 5.32 Å². The second-order valence-corrected chi connectivity index (χ2v) is 5.57. The number of hydrogen-bond donors (Lipinski definition) is 1. The zero-order valence-corrected chi connectivity index (χ0v) is 12.8. The highest BCUT2D eigenvalue weighted by Gasteiger charge is 2.08. The SMILES string of the molecule is Cc1cnc(C(=O)NCc2ccnc(-c3ccsc3)c2)cn1. The van der Waals surface area contributed by atoms with Gasteiger partial charge in [-0.3, -0.25) is 14.8 Å². The van der Waals surface area contributed by atoms with Crippen LogP contribution in [0, 0.1) is 6.92 Å². The summed E-state index contributed by atoms with van der Waals surface area (Å²) in [5.74, 6) is -0.235. The van der Waals surface area contributed by atoms with Crippen LogP contribution in [0.4, 0.5) is 0 Å². The van der Waals surface area contributed by atoms with Crippen LogP contribution in [0.1, 0.15) is 21.7 Å². The molecule has 5 nitrogen and oxygen atoms in total. The molecule has 3 heterocycles. The van der Waals surface area contributed by atoms with E-state index in [9.17, 15) is 4.79 Å². The number of nitrogens with one attached hydrogen (secondary N) is 1. The predicted molar refractivity (Wildman–Crippen MR) is 85.5 cm³/mol. The fourth-order valence-corrected chi connectivity index (χ4v) is 2.58. The molecule has 0 aliphatic heterocycles. The Labute approximate surface area is 132 Å². The van der Waals surface area contributed by atoms with Gasteiger partial charge in [-0.2, -0.15) is 11.3 Å². The van der Waals surface area contributed by atoms with Crippen molar-refractivity contribution in [2.45, 2.75) is 13.5 Å². The van der Waals surface area contributed by atoms with Gasteiger partial charge in [-0.05, 0) is 36.1 Å². The van der Waals surface area contributed by atoms with Crippen molar-refractivity contribution < 1.29 is 4.79 Å². The second kappa shape index (κ2) is 6.44. The van der Waals surface area contributed by atoms with Crippen LogP contribution >= 0.6 is 11.3 Å². The van der Waals surface area contributed by atoms with Crippen LogP contribution in [0.25, 0.3) is 11.3 Å². The maximum absolute atomic E-state index is 12.0. The third kappa shape index (κ3) is 3.35.